The quantitative estimate of drug-likeness (QED) is 0.632. The van der Waals surface area contributed by atoms with E-state index in [0.717, 1.165) is 0 Å². The maximum Gasteiger partial charge on any atom is 0.238 e. The van der Waals surface area contributed by atoms with Crippen molar-refractivity contribution in [3.63, 3.8) is 0 Å². The molecule has 62 valence electrons. The Morgan fingerprint density at radius 3 is 2.92 bits per heavy atom. The summed E-state index contributed by atoms with van der Waals surface area (Å²) in [5, 5.41) is 10.2. The Kier molecular flexibility index (Phi) is 2.56. The summed E-state index contributed by atoms with van der Waals surface area (Å²) in [5.74, 6) is 0.430. The maximum absolute atomic E-state index is 8.51. The van der Waals surface area contributed by atoms with Crippen LogP contribution in [0.2, 0.25) is 0 Å². The smallest absolute Gasteiger partial charge is 0.238 e. The number of hydrogen-bond acceptors (Lipinski definition) is 5. The third-order valence-electron chi connectivity index (χ3n) is 1.09. The Bertz CT molecular complexity index is 301. The topological polar surface area (TPSA) is 64.8 Å². The zero-order valence-electron chi connectivity index (χ0n) is 6.94. The molecule has 5 nitrogen and oxygen atoms in total. The van der Waals surface area contributed by atoms with Crippen LogP contribution in [-0.2, 0) is 0 Å². The fourth-order valence-electron chi connectivity index (χ4n) is 0.675. The van der Waals surface area contributed by atoms with Gasteiger partial charge in [-0.1, -0.05) is 0 Å². The first-order valence-corrected chi connectivity index (χ1v) is 3.39. The molecule has 0 radical (unpaired) electrons. The molecule has 0 spiro atoms. The molecule has 5 heteroatoms. The number of nitrogens with zero attached hydrogens (tertiary/aromatic N) is 4. The van der Waals surface area contributed by atoms with E-state index in [-0.39, 0.29) is 0 Å². The molecule has 0 aliphatic carbocycles. The molecule has 0 aliphatic rings. The predicted molar refractivity (Wildman–Crippen MR) is 44.1 cm³/mol. The number of hydrazine groups is 1. The van der Waals surface area contributed by atoms with E-state index in [1.165, 1.54) is 6.20 Å². The van der Waals surface area contributed by atoms with Gasteiger partial charge in [0, 0.05) is 20.3 Å². The third-order valence-corrected chi connectivity index (χ3v) is 1.09. The van der Waals surface area contributed by atoms with Crippen molar-refractivity contribution in [2.75, 3.05) is 19.5 Å². The van der Waals surface area contributed by atoms with Gasteiger partial charge < -0.3 is 0 Å². The summed E-state index contributed by atoms with van der Waals surface area (Å²) in [7, 11) is 3.64. The zero-order chi connectivity index (χ0) is 8.97. The Morgan fingerprint density at radius 2 is 2.33 bits per heavy atom. The lowest BCUT2D eigenvalue weighted by Gasteiger charge is -2.10. The molecule has 0 fully saturated rings. The van der Waals surface area contributed by atoms with Gasteiger partial charge in [0.25, 0.3) is 0 Å². The van der Waals surface area contributed by atoms with Gasteiger partial charge in [0.05, 0.1) is 0 Å². The summed E-state index contributed by atoms with van der Waals surface area (Å²) in [6, 6.07) is 3.49. The van der Waals surface area contributed by atoms with Crippen molar-refractivity contribution in [1.82, 2.24) is 15.0 Å². The number of hydrogen-bond donors (Lipinski definition) is 1. The highest BCUT2D eigenvalue weighted by Gasteiger charge is 1.97. The van der Waals surface area contributed by atoms with Crippen LogP contribution >= 0.6 is 0 Å². The van der Waals surface area contributed by atoms with Gasteiger partial charge in [-0.05, 0) is 6.07 Å². The molecule has 1 heterocycles. The zero-order valence-corrected chi connectivity index (χ0v) is 6.94. The third kappa shape index (κ3) is 2.18. The van der Waals surface area contributed by atoms with Gasteiger partial charge >= 0.3 is 0 Å². The van der Waals surface area contributed by atoms with Gasteiger partial charge in [-0.15, -0.1) is 0 Å². The van der Waals surface area contributed by atoms with E-state index in [1.807, 2.05) is 20.2 Å². The Balaban J connectivity index is 2.81. The average Bonchev–Trinajstić information content (AvgIpc) is 2.03. The van der Waals surface area contributed by atoms with Crippen LogP contribution in [0.25, 0.3) is 0 Å². The van der Waals surface area contributed by atoms with Gasteiger partial charge in [0.1, 0.15) is 11.8 Å². The summed E-state index contributed by atoms with van der Waals surface area (Å²) in [4.78, 5) is 7.82. The number of aromatic nitrogens is 2. The lowest BCUT2D eigenvalue weighted by Crippen LogP contribution is -2.21. The number of anilines is 1. The highest BCUT2D eigenvalue weighted by atomic mass is 15.5. The van der Waals surface area contributed by atoms with Crippen LogP contribution in [0.5, 0.6) is 0 Å². The standard InChI is InChI=1S/C7H9N5/c1-12(2)11-7-9-4-3-6(5-8)10-7/h3-4H,1-2H3,(H,9,10,11). The Hall–Kier alpha value is -1.67. The first-order valence-electron chi connectivity index (χ1n) is 3.39. The van der Waals surface area contributed by atoms with E-state index in [2.05, 4.69) is 15.4 Å². The van der Waals surface area contributed by atoms with Gasteiger partial charge in [0.15, 0.2) is 0 Å². The van der Waals surface area contributed by atoms with Crippen LogP contribution in [0.3, 0.4) is 0 Å². The number of rotatable bonds is 2. The van der Waals surface area contributed by atoms with E-state index >= 15 is 0 Å². The minimum atomic E-state index is 0.356. The average molecular weight is 163 g/mol. The summed E-state index contributed by atoms with van der Waals surface area (Å²) in [5.41, 5.74) is 3.20. The van der Waals surface area contributed by atoms with E-state index in [0.29, 0.717) is 11.6 Å². The number of nitriles is 1. The molecular formula is C7H9N5. The summed E-state index contributed by atoms with van der Waals surface area (Å²) >= 11 is 0. The second-order valence-electron chi connectivity index (χ2n) is 2.38. The Labute approximate surface area is 70.6 Å². The first-order chi connectivity index (χ1) is 5.72. The summed E-state index contributed by atoms with van der Waals surface area (Å²) in [6.45, 7) is 0. The molecule has 0 aliphatic heterocycles. The second kappa shape index (κ2) is 3.64. The lowest BCUT2D eigenvalue weighted by atomic mass is 10.4. The molecule has 1 aromatic rings. The second-order valence-corrected chi connectivity index (χ2v) is 2.38. The lowest BCUT2D eigenvalue weighted by molar-refractivity contribution is 0.488. The summed E-state index contributed by atoms with van der Waals surface area (Å²) < 4.78 is 0. The SMILES string of the molecule is CN(C)Nc1nccc(C#N)n1. The predicted octanol–water partition coefficient (Wildman–Crippen LogP) is 0.237. The van der Waals surface area contributed by atoms with Gasteiger partial charge in [-0.25, -0.2) is 15.0 Å². The highest BCUT2D eigenvalue weighted by Crippen LogP contribution is 1.98. The van der Waals surface area contributed by atoms with E-state index in [4.69, 9.17) is 5.26 Å². The Morgan fingerprint density at radius 1 is 1.58 bits per heavy atom. The van der Waals surface area contributed by atoms with E-state index in [1.54, 1.807) is 11.1 Å². The molecule has 1 rings (SSSR count). The molecule has 0 unspecified atom stereocenters. The largest absolute Gasteiger partial charge is 0.287 e. The molecule has 0 atom stereocenters. The summed E-state index contributed by atoms with van der Waals surface area (Å²) in [6.07, 6.45) is 1.54. The molecule has 0 saturated carbocycles. The molecular weight excluding hydrogens is 154 g/mol. The van der Waals surface area contributed by atoms with Crippen molar-refractivity contribution < 1.29 is 0 Å². The van der Waals surface area contributed by atoms with Crippen LogP contribution in [0.15, 0.2) is 12.3 Å². The fraction of sp³-hybridized carbons (Fsp3) is 0.286. The molecule has 0 bridgehead atoms. The van der Waals surface area contributed by atoms with Gasteiger partial charge in [-0.3, -0.25) is 5.43 Å². The normalized spacial score (nSPS) is 9.50. The first kappa shape index (κ1) is 8.43. The number of nitrogens with one attached hydrogen (secondary N) is 1. The molecule has 0 aromatic carbocycles. The molecule has 1 aromatic heterocycles. The van der Waals surface area contributed by atoms with Crippen molar-refractivity contribution in [2.24, 2.45) is 0 Å². The molecule has 0 amide bonds. The maximum atomic E-state index is 8.51. The molecule has 12 heavy (non-hydrogen) atoms. The van der Waals surface area contributed by atoms with Crippen LogP contribution < -0.4 is 5.43 Å². The van der Waals surface area contributed by atoms with Crippen molar-refractivity contribution in [3.05, 3.63) is 18.0 Å². The van der Waals surface area contributed by atoms with Crippen LogP contribution in [0.4, 0.5) is 5.95 Å². The van der Waals surface area contributed by atoms with Crippen LogP contribution in [0.1, 0.15) is 5.69 Å². The van der Waals surface area contributed by atoms with Crippen molar-refractivity contribution >= 4 is 5.95 Å². The fourth-order valence-corrected chi connectivity index (χ4v) is 0.675. The van der Waals surface area contributed by atoms with Gasteiger partial charge in [0.2, 0.25) is 5.95 Å². The molecule has 0 saturated heterocycles. The van der Waals surface area contributed by atoms with Crippen molar-refractivity contribution in [3.8, 4) is 6.07 Å². The minimum absolute atomic E-state index is 0.356. The van der Waals surface area contributed by atoms with E-state index < -0.39 is 0 Å². The van der Waals surface area contributed by atoms with Gasteiger partial charge in [-0.2, -0.15) is 5.26 Å². The van der Waals surface area contributed by atoms with E-state index in [9.17, 15) is 0 Å². The monoisotopic (exact) mass is 163 g/mol. The van der Waals surface area contributed by atoms with Crippen molar-refractivity contribution in [2.45, 2.75) is 0 Å². The van der Waals surface area contributed by atoms with Crippen LogP contribution in [-0.4, -0.2) is 29.1 Å². The molecule has 1 N–H and O–H groups in total. The van der Waals surface area contributed by atoms with Crippen LogP contribution in [0, 0.1) is 11.3 Å². The minimum Gasteiger partial charge on any atom is -0.287 e. The van der Waals surface area contributed by atoms with Crippen molar-refractivity contribution in [1.29, 1.82) is 5.26 Å². The highest BCUT2D eigenvalue weighted by molar-refractivity contribution is 5.28.